The number of morpholine rings is 1. The summed E-state index contributed by atoms with van der Waals surface area (Å²) in [6, 6.07) is 0. The molecule has 0 atom stereocenters. The second kappa shape index (κ2) is 9.81. The Hall–Kier alpha value is -0.120. The topological polar surface area (TPSA) is 72.1 Å². The van der Waals surface area contributed by atoms with Gasteiger partial charge in [0.1, 0.15) is 0 Å². The van der Waals surface area contributed by atoms with Crippen molar-refractivity contribution in [1.82, 2.24) is 10.2 Å². The minimum Gasteiger partial charge on any atom is -0.379 e. The predicted molar refractivity (Wildman–Crippen MR) is 95.4 cm³/mol. The first-order valence-electron chi connectivity index (χ1n) is 7.63. The van der Waals surface area contributed by atoms with Crippen molar-refractivity contribution in [3.63, 3.8) is 0 Å². The Bertz CT molecular complexity index is 313. The number of nitrogens with zero attached hydrogens (tertiary/aromatic N) is 2. The molecule has 0 amide bonds. The third-order valence-electron chi connectivity index (χ3n) is 4.30. The van der Waals surface area contributed by atoms with Crippen LogP contribution in [0.2, 0.25) is 0 Å². The summed E-state index contributed by atoms with van der Waals surface area (Å²) < 4.78 is 10.8. The highest BCUT2D eigenvalue weighted by Gasteiger charge is 2.36. The van der Waals surface area contributed by atoms with Gasteiger partial charge in [0, 0.05) is 26.7 Å². The van der Waals surface area contributed by atoms with Gasteiger partial charge in [-0.25, -0.2) is 0 Å². The molecule has 2 fully saturated rings. The molecule has 1 aliphatic heterocycles. The fraction of sp³-hybridized carbons (Fsp3) is 0.929. The first-order valence-corrected chi connectivity index (χ1v) is 7.63. The maximum atomic E-state index is 5.88. The maximum absolute atomic E-state index is 5.88. The molecular weight excluding hydrogens is 383 g/mol. The molecule has 7 heteroatoms. The Morgan fingerprint density at radius 1 is 1.38 bits per heavy atom. The Kier molecular flexibility index (Phi) is 8.84. The zero-order valence-electron chi connectivity index (χ0n) is 13.0. The van der Waals surface area contributed by atoms with E-state index in [4.69, 9.17) is 15.2 Å². The maximum Gasteiger partial charge on any atom is 0.188 e. The van der Waals surface area contributed by atoms with Gasteiger partial charge >= 0.3 is 0 Å². The Morgan fingerprint density at radius 2 is 2.10 bits per heavy atom. The summed E-state index contributed by atoms with van der Waals surface area (Å²) in [6.07, 6.45) is 4.50. The first-order chi connectivity index (χ1) is 9.74. The van der Waals surface area contributed by atoms with Crippen molar-refractivity contribution in [3.05, 3.63) is 0 Å². The number of guanidine groups is 1. The average molecular weight is 412 g/mol. The van der Waals surface area contributed by atoms with Gasteiger partial charge in [0.25, 0.3) is 0 Å². The smallest absolute Gasteiger partial charge is 0.188 e. The van der Waals surface area contributed by atoms with Gasteiger partial charge in [0.05, 0.1) is 25.4 Å². The van der Waals surface area contributed by atoms with Crippen LogP contribution in [0.15, 0.2) is 4.99 Å². The number of hydrogen-bond donors (Lipinski definition) is 2. The number of nitrogens with one attached hydrogen (secondary N) is 1. The highest BCUT2D eigenvalue weighted by atomic mass is 127. The summed E-state index contributed by atoms with van der Waals surface area (Å²) in [5.74, 6) is 0.537. The minimum atomic E-state index is -0.0416. The lowest BCUT2D eigenvalue weighted by Gasteiger charge is -2.39. The molecular formula is C14H29IN4O2. The van der Waals surface area contributed by atoms with Crippen molar-refractivity contribution in [2.75, 3.05) is 53.0 Å². The molecule has 3 N–H and O–H groups in total. The minimum absolute atomic E-state index is 0. The zero-order chi connectivity index (χ0) is 14.3. The van der Waals surface area contributed by atoms with Crippen molar-refractivity contribution >= 4 is 29.9 Å². The van der Waals surface area contributed by atoms with E-state index in [-0.39, 0.29) is 29.6 Å². The van der Waals surface area contributed by atoms with Crippen LogP contribution in [0, 0.1) is 0 Å². The van der Waals surface area contributed by atoms with E-state index in [1.54, 1.807) is 7.11 Å². The molecule has 2 rings (SSSR count). The third-order valence-corrected chi connectivity index (χ3v) is 4.30. The Labute approximate surface area is 144 Å². The van der Waals surface area contributed by atoms with E-state index in [2.05, 4.69) is 15.2 Å². The predicted octanol–water partition coefficient (Wildman–Crippen LogP) is 0.800. The second-order valence-corrected chi connectivity index (χ2v) is 5.68. The highest BCUT2D eigenvalue weighted by molar-refractivity contribution is 14.0. The lowest BCUT2D eigenvalue weighted by molar-refractivity contribution is -0.0630. The van der Waals surface area contributed by atoms with Crippen LogP contribution in [-0.2, 0) is 9.47 Å². The van der Waals surface area contributed by atoms with E-state index in [0.29, 0.717) is 12.5 Å². The van der Waals surface area contributed by atoms with Crippen molar-refractivity contribution in [2.24, 2.45) is 10.7 Å². The molecule has 0 unspecified atom stereocenters. The van der Waals surface area contributed by atoms with Crippen LogP contribution < -0.4 is 11.1 Å². The number of halogens is 1. The second-order valence-electron chi connectivity index (χ2n) is 5.68. The number of aliphatic imine (C=N–C) groups is 1. The van der Waals surface area contributed by atoms with Gasteiger partial charge in [-0.05, 0) is 32.2 Å². The van der Waals surface area contributed by atoms with Gasteiger partial charge in [-0.15, -0.1) is 24.0 Å². The molecule has 2 aliphatic rings. The van der Waals surface area contributed by atoms with E-state index in [9.17, 15) is 0 Å². The molecule has 21 heavy (non-hydrogen) atoms. The van der Waals surface area contributed by atoms with Crippen molar-refractivity contribution in [1.29, 1.82) is 0 Å². The standard InChI is InChI=1S/C14H28N4O2.HI/c1-19-14(4-2-5-14)12-17-13(15)16-6-3-7-18-8-10-20-11-9-18;/h2-12H2,1H3,(H3,15,16,17);1H. The normalized spacial score (nSPS) is 22.2. The van der Waals surface area contributed by atoms with E-state index < -0.39 is 0 Å². The Morgan fingerprint density at radius 3 is 2.67 bits per heavy atom. The van der Waals surface area contributed by atoms with Crippen molar-refractivity contribution < 1.29 is 9.47 Å². The van der Waals surface area contributed by atoms with Gasteiger partial charge < -0.3 is 20.5 Å². The average Bonchev–Trinajstić information content (AvgIpc) is 2.44. The van der Waals surface area contributed by atoms with Crippen LogP contribution in [-0.4, -0.2) is 69.5 Å². The van der Waals surface area contributed by atoms with Gasteiger partial charge in [0.15, 0.2) is 5.96 Å². The monoisotopic (exact) mass is 412 g/mol. The van der Waals surface area contributed by atoms with E-state index in [1.807, 2.05) is 0 Å². The largest absolute Gasteiger partial charge is 0.379 e. The molecule has 1 aliphatic carbocycles. The molecule has 124 valence electrons. The summed E-state index contributed by atoms with van der Waals surface area (Å²) in [5.41, 5.74) is 5.84. The molecule has 1 saturated heterocycles. The van der Waals surface area contributed by atoms with Crippen LogP contribution in [0.5, 0.6) is 0 Å². The van der Waals surface area contributed by atoms with Crippen LogP contribution in [0.4, 0.5) is 0 Å². The number of hydrogen-bond acceptors (Lipinski definition) is 4. The van der Waals surface area contributed by atoms with Crippen LogP contribution >= 0.6 is 24.0 Å². The lowest BCUT2D eigenvalue weighted by atomic mass is 9.80. The van der Waals surface area contributed by atoms with Crippen molar-refractivity contribution in [2.45, 2.75) is 31.3 Å². The van der Waals surface area contributed by atoms with Crippen LogP contribution in [0.25, 0.3) is 0 Å². The molecule has 1 heterocycles. The molecule has 0 radical (unpaired) electrons. The zero-order valence-corrected chi connectivity index (χ0v) is 15.3. The Balaban J connectivity index is 0.00000220. The SMILES string of the molecule is COC1(CN=C(N)NCCCN2CCOCC2)CCC1.I. The fourth-order valence-electron chi connectivity index (χ4n) is 2.63. The molecule has 0 spiro atoms. The quantitative estimate of drug-likeness (QED) is 0.280. The van der Waals surface area contributed by atoms with E-state index in [1.165, 1.54) is 6.42 Å². The van der Waals surface area contributed by atoms with Crippen molar-refractivity contribution in [3.8, 4) is 0 Å². The molecule has 0 aromatic heterocycles. The molecule has 0 bridgehead atoms. The molecule has 6 nitrogen and oxygen atoms in total. The first kappa shape index (κ1) is 18.9. The number of nitrogens with two attached hydrogens (primary N) is 1. The fourth-order valence-corrected chi connectivity index (χ4v) is 2.63. The number of ether oxygens (including phenoxy) is 2. The van der Waals surface area contributed by atoms with Gasteiger partial charge in [-0.2, -0.15) is 0 Å². The van der Waals surface area contributed by atoms with Gasteiger partial charge in [0.2, 0.25) is 0 Å². The summed E-state index contributed by atoms with van der Waals surface area (Å²) in [5, 5.41) is 3.18. The molecule has 0 aromatic rings. The van der Waals surface area contributed by atoms with E-state index in [0.717, 1.165) is 58.7 Å². The van der Waals surface area contributed by atoms with E-state index >= 15 is 0 Å². The summed E-state index contributed by atoms with van der Waals surface area (Å²) >= 11 is 0. The summed E-state index contributed by atoms with van der Waals surface area (Å²) in [6.45, 7) is 6.43. The van der Waals surface area contributed by atoms with Gasteiger partial charge in [-0.1, -0.05) is 0 Å². The number of rotatable bonds is 7. The number of methoxy groups -OCH3 is 1. The highest BCUT2D eigenvalue weighted by Crippen LogP contribution is 2.35. The van der Waals surface area contributed by atoms with Crippen LogP contribution in [0.1, 0.15) is 25.7 Å². The molecule has 0 aromatic carbocycles. The van der Waals surface area contributed by atoms with Gasteiger partial charge in [-0.3, -0.25) is 9.89 Å². The summed E-state index contributed by atoms with van der Waals surface area (Å²) in [7, 11) is 1.76. The third kappa shape index (κ3) is 6.25. The summed E-state index contributed by atoms with van der Waals surface area (Å²) in [4.78, 5) is 6.82. The molecule has 1 saturated carbocycles. The lowest BCUT2D eigenvalue weighted by Crippen LogP contribution is -2.44. The van der Waals surface area contributed by atoms with Crippen LogP contribution in [0.3, 0.4) is 0 Å².